The number of benzene rings is 1. The van der Waals surface area contributed by atoms with Gasteiger partial charge in [0.15, 0.2) is 0 Å². The Hall–Kier alpha value is -0.570. The van der Waals surface area contributed by atoms with E-state index in [2.05, 4.69) is 0 Å². The molecule has 66 valence electrons. The molecule has 2 nitrogen and oxygen atoms in total. The lowest BCUT2D eigenvalue weighted by Crippen LogP contribution is -2.16. The summed E-state index contributed by atoms with van der Waals surface area (Å²) in [6, 6.07) is 9.04. The molecule has 1 aromatic rings. The summed E-state index contributed by atoms with van der Waals surface area (Å²) in [4.78, 5) is 0. The van der Waals surface area contributed by atoms with E-state index >= 15 is 0 Å². The van der Waals surface area contributed by atoms with E-state index in [1.807, 2.05) is 18.2 Å². The minimum atomic E-state index is -0.794. The minimum absolute atomic E-state index is 0.225. The van der Waals surface area contributed by atoms with Gasteiger partial charge in [-0.15, -0.1) is 11.6 Å². The second-order valence-corrected chi connectivity index (χ2v) is 3.11. The molecule has 0 saturated carbocycles. The van der Waals surface area contributed by atoms with Crippen LogP contribution in [0.15, 0.2) is 30.3 Å². The number of aliphatic hydroxyl groups is 2. The topological polar surface area (TPSA) is 40.5 Å². The molecule has 12 heavy (non-hydrogen) atoms. The van der Waals surface area contributed by atoms with Crippen molar-refractivity contribution >= 4 is 11.6 Å². The molecule has 1 aromatic carbocycles. The molecule has 0 aliphatic rings. The van der Waals surface area contributed by atoms with Crippen LogP contribution in [0.4, 0.5) is 0 Å². The predicted molar refractivity (Wildman–Crippen MR) is 48.1 cm³/mol. The molecule has 2 unspecified atom stereocenters. The first-order valence-electron chi connectivity index (χ1n) is 3.73. The molecule has 2 N–H and O–H groups in total. The minimum Gasteiger partial charge on any atom is -0.395 e. The van der Waals surface area contributed by atoms with Crippen LogP contribution in [0.25, 0.3) is 0 Å². The van der Waals surface area contributed by atoms with E-state index in [0.717, 1.165) is 5.56 Å². The van der Waals surface area contributed by atoms with Crippen LogP contribution in [-0.2, 0) is 0 Å². The van der Waals surface area contributed by atoms with Crippen LogP contribution in [0.2, 0.25) is 0 Å². The van der Waals surface area contributed by atoms with Crippen molar-refractivity contribution in [3.63, 3.8) is 0 Å². The molecule has 0 spiro atoms. The summed E-state index contributed by atoms with van der Waals surface area (Å²) >= 11 is 5.65. The first-order valence-corrected chi connectivity index (χ1v) is 4.17. The largest absolute Gasteiger partial charge is 0.395 e. The van der Waals surface area contributed by atoms with Crippen molar-refractivity contribution in [2.75, 3.05) is 6.61 Å². The average molecular weight is 187 g/mol. The van der Waals surface area contributed by atoms with Crippen molar-refractivity contribution in [2.24, 2.45) is 0 Å². The van der Waals surface area contributed by atoms with E-state index in [4.69, 9.17) is 16.7 Å². The number of rotatable bonds is 3. The lowest BCUT2D eigenvalue weighted by atomic mass is 10.1. The van der Waals surface area contributed by atoms with Crippen molar-refractivity contribution < 1.29 is 10.2 Å². The monoisotopic (exact) mass is 186 g/mol. The highest BCUT2D eigenvalue weighted by Gasteiger charge is 2.16. The van der Waals surface area contributed by atoms with Gasteiger partial charge in [-0.2, -0.15) is 0 Å². The summed E-state index contributed by atoms with van der Waals surface area (Å²) in [5.74, 6) is 0. The molecule has 0 fully saturated rings. The highest BCUT2D eigenvalue weighted by atomic mass is 35.5. The molecule has 0 aliphatic carbocycles. The van der Waals surface area contributed by atoms with Gasteiger partial charge in [0, 0.05) is 0 Å². The van der Waals surface area contributed by atoms with Crippen LogP contribution in [-0.4, -0.2) is 22.2 Å². The quantitative estimate of drug-likeness (QED) is 0.700. The molecule has 0 bridgehead atoms. The summed E-state index contributed by atoms with van der Waals surface area (Å²) in [7, 11) is 0. The van der Waals surface area contributed by atoms with E-state index in [1.54, 1.807) is 12.1 Å². The standard InChI is InChI=1S/C9H11ClO2/c10-8(6-11)9(12)7-4-2-1-3-5-7/h1-5,8-9,11-12H,6H2. The van der Waals surface area contributed by atoms with Crippen LogP contribution in [0.5, 0.6) is 0 Å². The molecular weight excluding hydrogens is 176 g/mol. The van der Waals surface area contributed by atoms with Gasteiger partial charge in [0.1, 0.15) is 0 Å². The average Bonchev–Trinajstić information content (AvgIpc) is 2.17. The molecular formula is C9H11ClO2. The Bertz CT molecular complexity index is 225. The number of alkyl halides is 1. The molecule has 0 saturated heterocycles. The van der Waals surface area contributed by atoms with E-state index in [-0.39, 0.29) is 6.61 Å². The lowest BCUT2D eigenvalue weighted by molar-refractivity contribution is 0.139. The van der Waals surface area contributed by atoms with Crippen molar-refractivity contribution in [2.45, 2.75) is 11.5 Å². The maximum atomic E-state index is 9.50. The predicted octanol–water partition coefficient (Wildman–Crippen LogP) is 1.32. The van der Waals surface area contributed by atoms with Gasteiger partial charge in [0.25, 0.3) is 0 Å². The fourth-order valence-electron chi connectivity index (χ4n) is 0.959. The second kappa shape index (κ2) is 4.45. The van der Waals surface area contributed by atoms with Gasteiger partial charge >= 0.3 is 0 Å². The number of aliphatic hydroxyl groups excluding tert-OH is 2. The number of hydrogen-bond acceptors (Lipinski definition) is 2. The Morgan fingerprint density at radius 1 is 1.25 bits per heavy atom. The van der Waals surface area contributed by atoms with Gasteiger partial charge in [-0.3, -0.25) is 0 Å². The third kappa shape index (κ3) is 2.21. The third-order valence-electron chi connectivity index (χ3n) is 1.66. The fourth-order valence-corrected chi connectivity index (χ4v) is 1.10. The van der Waals surface area contributed by atoms with Crippen LogP contribution in [0, 0.1) is 0 Å². The molecule has 0 radical (unpaired) electrons. The van der Waals surface area contributed by atoms with E-state index in [0.29, 0.717) is 0 Å². The van der Waals surface area contributed by atoms with E-state index in [9.17, 15) is 5.11 Å². The Morgan fingerprint density at radius 3 is 2.33 bits per heavy atom. The summed E-state index contributed by atoms with van der Waals surface area (Å²) in [5, 5.41) is 17.5. The fraction of sp³-hybridized carbons (Fsp3) is 0.333. The second-order valence-electron chi connectivity index (χ2n) is 2.55. The van der Waals surface area contributed by atoms with E-state index in [1.165, 1.54) is 0 Å². The van der Waals surface area contributed by atoms with Gasteiger partial charge < -0.3 is 10.2 Å². The molecule has 0 amide bonds. The van der Waals surface area contributed by atoms with Gasteiger partial charge in [-0.1, -0.05) is 30.3 Å². The van der Waals surface area contributed by atoms with Crippen LogP contribution in [0.3, 0.4) is 0 Å². The van der Waals surface area contributed by atoms with Crippen LogP contribution >= 0.6 is 11.6 Å². The highest BCUT2D eigenvalue weighted by molar-refractivity contribution is 6.21. The Morgan fingerprint density at radius 2 is 1.83 bits per heavy atom. The number of hydrogen-bond donors (Lipinski definition) is 2. The molecule has 2 atom stereocenters. The molecule has 3 heteroatoms. The summed E-state index contributed by atoms with van der Waals surface area (Å²) in [5.41, 5.74) is 0.728. The maximum absolute atomic E-state index is 9.50. The van der Waals surface area contributed by atoms with Crippen molar-refractivity contribution in [1.82, 2.24) is 0 Å². The van der Waals surface area contributed by atoms with Crippen molar-refractivity contribution in [3.8, 4) is 0 Å². The molecule has 0 aromatic heterocycles. The zero-order chi connectivity index (χ0) is 8.97. The third-order valence-corrected chi connectivity index (χ3v) is 2.03. The highest BCUT2D eigenvalue weighted by Crippen LogP contribution is 2.19. The Labute approximate surface area is 76.4 Å². The van der Waals surface area contributed by atoms with Gasteiger partial charge in [-0.25, -0.2) is 0 Å². The zero-order valence-corrected chi connectivity index (χ0v) is 7.28. The smallest absolute Gasteiger partial charge is 0.0975 e. The zero-order valence-electron chi connectivity index (χ0n) is 6.52. The summed E-state index contributed by atoms with van der Waals surface area (Å²) < 4.78 is 0. The van der Waals surface area contributed by atoms with Crippen LogP contribution in [0.1, 0.15) is 11.7 Å². The number of halogens is 1. The Balaban J connectivity index is 2.71. The molecule has 1 rings (SSSR count). The van der Waals surface area contributed by atoms with Crippen LogP contribution < -0.4 is 0 Å². The first-order chi connectivity index (χ1) is 5.75. The maximum Gasteiger partial charge on any atom is 0.0975 e. The SMILES string of the molecule is OCC(Cl)C(O)c1ccccc1. The lowest BCUT2D eigenvalue weighted by Gasteiger charge is -2.14. The van der Waals surface area contributed by atoms with Gasteiger partial charge in [-0.05, 0) is 5.56 Å². The van der Waals surface area contributed by atoms with Crippen molar-refractivity contribution in [1.29, 1.82) is 0 Å². The molecule has 0 aliphatic heterocycles. The van der Waals surface area contributed by atoms with Gasteiger partial charge in [0.2, 0.25) is 0 Å². The molecule has 0 heterocycles. The normalized spacial score (nSPS) is 15.6. The summed E-state index contributed by atoms with van der Waals surface area (Å²) in [6.07, 6.45) is -0.794. The van der Waals surface area contributed by atoms with Crippen molar-refractivity contribution in [3.05, 3.63) is 35.9 Å². The van der Waals surface area contributed by atoms with E-state index < -0.39 is 11.5 Å². The Kier molecular flexibility index (Phi) is 3.53. The van der Waals surface area contributed by atoms with Gasteiger partial charge in [0.05, 0.1) is 18.1 Å². The first kappa shape index (κ1) is 9.52. The summed E-state index contributed by atoms with van der Waals surface area (Å²) in [6.45, 7) is -0.225.